The van der Waals surface area contributed by atoms with Crippen LogP contribution in [0.5, 0.6) is 0 Å². The highest BCUT2D eigenvalue weighted by molar-refractivity contribution is 9.10. The summed E-state index contributed by atoms with van der Waals surface area (Å²) in [5.41, 5.74) is 0.944. The average molecular weight is 315 g/mol. The molecule has 0 aliphatic carbocycles. The van der Waals surface area contributed by atoms with Crippen molar-refractivity contribution in [2.45, 2.75) is 6.92 Å². The van der Waals surface area contributed by atoms with Crippen molar-refractivity contribution in [2.24, 2.45) is 0 Å². The van der Waals surface area contributed by atoms with Gasteiger partial charge in [0.25, 0.3) is 5.91 Å². The summed E-state index contributed by atoms with van der Waals surface area (Å²) in [7, 11) is 2.03. The van der Waals surface area contributed by atoms with E-state index >= 15 is 0 Å². The summed E-state index contributed by atoms with van der Waals surface area (Å²) >= 11 is 3.28. The molecule has 1 aromatic rings. The molecule has 1 amide bonds. The van der Waals surface area contributed by atoms with Crippen LogP contribution < -0.4 is 0 Å². The zero-order valence-electron chi connectivity index (χ0n) is 10.5. The van der Waals surface area contributed by atoms with Crippen molar-refractivity contribution >= 4 is 21.8 Å². The van der Waals surface area contributed by atoms with Gasteiger partial charge in [0.1, 0.15) is 5.82 Å². The van der Waals surface area contributed by atoms with Crippen LogP contribution in [0.25, 0.3) is 0 Å². The molecule has 0 unspecified atom stereocenters. The lowest BCUT2D eigenvalue weighted by atomic mass is 10.1. The van der Waals surface area contributed by atoms with Crippen LogP contribution in [-0.2, 0) is 0 Å². The molecule has 98 valence electrons. The first-order valence-electron chi connectivity index (χ1n) is 5.92. The lowest BCUT2D eigenvalue weighted by molar-refractivity contribution is 0.0663. The van der Waals surface area contributed by atoms with Crippen LogP contribution in [0.4, 0.5) is 4.39 Å². The summed E-state index contributed by atoms with van der Waals surface area (Å²) in [6.07, 6.45) is 0. The van der Waals surface area contributed by atoms with Crippen molar-refractivity contribution in [1.82, 2.24) is 9.80 Å². The van der Waals surface area contributed by atoms with Crippen molar-refractivity contribution in [3.63, 3.8) is 0 Å². The maximum atomic E-state index is 13.6. The number of nitrogens with zero attached hydrogens (tertiary/aromatic N) is 2. The lowest BCUT2D eigenvalue weighted by Gasteiger charge is -2.32. The van der Waals surface area contributed by atoms with Crippen molar-refractivity contribution < 1.29 is 9.18 Å². The lowest BCUT2D eigenvalue weighted by Crippen LogP contribution is -2.47. The molecule has 1 aromatic carbocycles. The number of amides is 1. The van der Waals surface area contributed by atoms with E-state index in [1.807, 2.05) is 7.05 Å². The monoisotopic (exact) mass is 314 g/mol. The fraction of sp³-hybridized carbons (Fsp3) is 0.462. The molecule has 0 radical (unpaired) electrons. The van der Waals surface area contributed by atoms with E-state index in [1.165, 1.54) is 6.07 Å². The number of hydrogen-bond donors (Lipinski definition) is 0. The Labute approximate surface area is 115 Å². The fourth-order valence-corrected chi connectivity index (χ4v) is 2.40. The predicted molar refractivity (Wildman–Crippen MR) is 72.2 cm³/mol. The van der Waals surface area contributed by atoms with Gasteiger partial charge in [-0.15, -0.1) is 0 Å². The average Bonchev–Trinajstić information content (AvgIpc) is 2.35. The Hall–Kier alpha value is -0.940. The largest absolute Gasteiger partial charge is 0.336 e. The summed E-state index contributed by atoms with van der Waals surface area (Å²) in [4.78, 5) is 16.2. The third kappa shape index (κ3) is 2.72. The minimum atomic E-state index is -0.346. The van der Waals surface area contributed by atoms with E-state index in [0.29, 0.717) is 28.7 Å². The van der Waals surface area contributed by atoms with Gasteiger partial charge in [-0.2, -0.15) is 0 Å². The van der Waals surface area contributed by atoms with E-state index in [2.05, 4.69) is 20.8 Å². The van der Waals surface area contributed by atoms with Gasteiger partial charge < -0.3 is 9.80 Å². The third-order valence-electron chi connectivity index (χ3n) is 3.32. The second-order valence-corrected chi connectivity index (χ2v) is 5.51. The molecule has 0 saturated carbocycles. The number of rotatable bonds is 1. The highest BCUT2D eigenvalue weighted by Crippen LogP contribution is 2.22. The number of piperazine rings is 1. The highest BCUT2D eigenvalue weighted by Gasteiger charge is 2.21. The van der Waals surface area contributed by atoms with Crippen LogP contribution in [0.1, 0.15) is 15.9 Å². The van der Waals surface area contributed by atoms with Crippen LogP contribution in [0.15, 0.2) is 16.6 Å². The Balaban J connectivity index is 2.19. The first-order chi connectivity index (χ1) is 8.49. The van der Waals surface area contributed by atoms with Gasteiger partial charge in [0.15, 0.2) is 0 Å². The Morgan fingerprint density at radius 1 is 1.28 bits per heavy atom. The molecule has 1 heterocycles. The summed E-state index contributed by atoms with van der Waals surface area (Å²) in [6, 6.07) is 3.01. The fourth-order valence-electron chi connectivity index (χ4n) is 1.96. The molecule has 1 saturated heterocycles. The minimum Gasteiger partial charge on any atom is -0.336 e. The molecule has 18 heavy (non-hydrogen) atoms. The first kappa shape index (κ1) is 13.5. The molecular formula is C13H16BrFN2O. The summed E-state index contributed by atoms with van der Waals surface area (Å²) < 4.78 is 14.3. The molecule has 3 nitrogen and oxygen atoms in total. The number of halogens is 2. The molecular weight excluding hydrogens is 299 g/mol. The van der Waals surface area contributed by atoms with Gasteiger partial charge in [0.2, 0.25) is 0 Å². The Bertz CT molecular complexity index is 447. The molecule has 0 spiro atoms. The van der Waals surface area contributed by atoms with Crippen molar-refractivity contribution in [2.75, 3.05) is 33.2 Å². The minimum absolute atomic E-state index is 0.0947. The van der Waals surface area contributed by atoms with Crippen LogP contribution in [0.2, 0.25) is 0 Å². The third-order valence-corrected chi connectivity index (χ3v) is 4.14. The second-order valence-electron chi connectivity index (χ2n) is 4.66. The van der Waals surface area contributed by atoms with E-state index in [9.17, 15) is 9.18 Å². The molecule has 0 atom stereocenters. The SMILES string of the molecule is Cc1c(F)cc(C(=O)N2CCN(C)CC2)cc1Br. The van der Waals surface area contributed by atoms with E-state index in [0.717, 1.165) is 13.1 Å². The Morgan fingerprint density at radius 2 is 1.89 bits per heavy atom. The van der Waals surface area contributed by atoms with Crippen LogP contribution in [0.3, 0.4) is 0 Å². The quantitative estimate of drug-likeness (QED) is 0.794. The topological polar surface area (TPSA) is 23.6 Å². The van der Waals surface area contributed by atoms with E-state index in [-0.39, 0.29) is 11.7 Å². The number of carbonyl (C=O) groups excluding carboxylic acids is 1. The van der Waals surface area contributed by atoms with Gasteiger partial charge in [-0.05, 0) is 31.7 Å². The molecule has 2 rings (SSSR count). The maximum absolute atomic E-state index is 13.6. The van der Waals surface area contributed by atoms with Crippen molar-refractivity contribution in [3.05, 3.63) is 33.5 Å². The molecule has 0 N–H and O–H groups in total. The zero-order chi connectivity index (χ0) is 13.3. The van der Waals surface area contributed by atoms with Gasteiger partial charge in [0.05, 0.1) is 0 Å². The van der Waals surface area contributed by atoms with E-state index in [1.54, 1.807) is 17.9 Å². The molecule has 0 bridgehead atoms. The normalized spacial score (nSPS) is 17.0. The summed E-state index contributed by atoms with van der Waals surface area (Å²) in [5.74, 6) is -0.440. The van der Waals surface area contributed by atoms with Crippen molar-refractivity contribution in [1.29, 1.82) is 0 Å². The number of hydrogen-bond acceptors (Lipinski definition) is 2. The van der Waals surface area contributed by atoms with E-state index in [4.69, 9.17) is 0 Å². The number of benzene rings is 1. The summed E-state index contributed by atoms with van der Waals surface area (Å²) in [6.45, 7) is 4.80. The van der Waals surface area contributed by atoms with Gasteiger partial charge >= 0.3 is 0 Å². The Morgan fingerprint density at radius 3 is 2.44 bits per heavy atom. The molecule has 0 aromatic heterocycles. The van der Waals surface area contributed by atoms with Crippen LogP contribution in [-0.4, -0.2) is 48.9 Å². The standard InChI is InChI=1S/C13H16BrFN2O/c1-9-11(14)7-10(8-12(9)15)13(18)17-5-3-16(2)4-6-17/h7-8H,3-6H2,1-2H3. The van der Waals surface area contributed by atoms with Crippen LogP contribution in [0, 0.1) is 12.7 Å². The summed E-state index contributed by atoms with van der Waals surface area (Å²) in [5, 5.41) is 0. The highest BCUT2D eigenvalue weighted by atomic mass is 79.9. The zero-order valence-corrected chi connectivity index (χ0v) is 12.1. The molecule has 1 aliphatic heterocycles. The molecule has 1 fully saturated rings. The number of likely N-dealkylation sites (N-methyl/N-ethyl adjacent to an activating group) is 1. The van der Waals surface area contributed by atoms with Crippen LogP contribution >= 0.6 is 15.9 Å². The van der Waals surface area contributed by atoms with Gasteiger partial charge in [-0.1, -0.05) is 15.9 Å². The van der Waals surface area contributed by atoms with Gasteiger partial charge in [-0.3, -0.25) is 4.79 Å². The maximum Gasteiger partial charge on any atom is 0.254 e. The predicted octanol–water partition coefficient (Wildman–Crippen LogP) is 2.28. The first-order valence-corrected chi connectivity index (χ1v) is 6.72. The van der Waals surface area contributed by atoms with Gasteiger partial charge in [0, 0.05) is 36.2 Å². The van der Waals surface area contributed by atoms with Gasteiger partial charge in [-0.25, -0.2) is 4.39 Å². The number of carbonyl (C=O) groups is 1. The smallest absolute Gasteiger partial charge is 0.254 e. The van der Waals surface area contributed by atoms with Crippen molar-refractivity contribution in [3.8, 4) is 0 Å². The second kappa shape index (κ2) is 5.36. The van der Waals surface area contributed by atoms with E-state index < -0.39 is 0 Å². The Kier molecular flexibility index (Phi) is 4.02. The molecule has 1 aliphatic rings. The molecule has 5 heteroatoms.